The first kappa shape index (κ1) is 9.91. The summed E-state index contributed by atoms with van der Waals surface area (Å²) in [4.78, 5) is 11.2. The Balaban J connectivity index is 2.84. The number of hydrogen-bond acceptors (Lipinski definition) is 5. The van der Waals surface area contributed by atoms with Crippen molar-refractivity contribution in [3.05, 3.63) is 11.1 Å². The van der Waals surface area contributed by atoms with Crippen molar-refractivity contribution in [2.45, 2.75) is 0 Å². The van der Waals surface area contributed by atoms with Gasteiger partial charge in [0.2, 0.25) is 5.88 Å². The maximum absolute atomic E-state index is 5.18. The molecule has 80 valence electrons. The maximum atomic E-state index is 5.18. The van der Waals surface area contributed by atoms with E-state index in [1.54, 1.807) is 11.8 Å². The smallest absolute Gasteiger partial charge is 0.243 e. The Bertz CT molecular complexity index is 543. The summed E-state index contributed by atoms with van der Waals surface area (Å²) < 4.78 is 7.45. The quantitative estimate of drug-likeness (QED) is 0.762. The van der Waals surface area contributed by atoms with Gasteiger partial charge in [0.05, 0.1) is 7.11 Å². The Morgan fingerprint density at radius 2 is 2.20 bits per heavy atom. The first-order chi connectivity index (χ1) is 7.15. The third kappa shape index (κ3) is 1.44. The average Bonchev–Trinajstić information content (AvgIpc) is 2.53. The van der Waals surface area contributed by atoms with Crippen molar-refractivity contribution < 1.29 is 4.74 Å². The van der Waals surface area contributed by atoms with Crippen LogP contribution in [-0.4, -0.2) is 40.8 Å². The first-order valence-corrected chi connectivity index (χ1v) is 4.73. The van der Waals surface area contributed by atoms with Gasteiger partial charge in [-0.25, -0.2) is 9.66 Å². The van der Waals surface area contributed by atoms with Crippen LogP contribution in [0.4, 0.5) is 0 Å². The minimum atomic E-state index is 0.492. The van der Waals surface area contributed by atoms with E-state index in [1.165, 1.54) is 6.33 Å². The molecule has 0 aliphatic carbocycles. The van der Waals surface area contributed by atoms with Crippen molar-refractivity contribution in [1.82, 2.24) is 19.6 Å². The molecular formula is C8H11N5OS. The average molecular weight is 225 g/mol. The van der Waals surface area contributed by atoms with E-state index in [1.807, 2.05) is 19.1 Å². The number of imidazole rings is 1. The van der Waals surface area contributed by atoms with Crippen molar-refractivity contribution >= 4 is 23.4 Å². The topological polar surface area (TPSA) is 59.0 Å². The van der Waals surface area contributed by atoms with Gasteiger partial charge >= 0.3 is 0 Å². The van der Waals surface area contributed by atoms with Crippen LogP contribution < -0.4 is 9.75 Å². The van der Waals surface area contributed by atoms with Crippen LogP contribution in [-0.2, 0) is 0 Å². The van der Waals surface area contributed by atoms with E-state index < -0.39 is 0 Å². The SMILES string of the molecule is COc1ncnc2c1[nH]c(=S)n2N(C)C. The minimum Gasteiger partial charge on any atom is -0.479 e. The zero-order valence-corrected chi connectivity index (χ0v) is 9.50. The van der Waals surface area contributed by atoms with Crippen LogP contribution in [0, 0.1) is 4.77 Å². The summed E-state index contributed by atoms with van der Waals surface area (Å²) in [6.45, 7) is 0. The summed E-state index contributed by atoms with van der Waals surface area (Å²) in [6, 6.07) is 0. The third-order valence-corrected chi connectivity index (χ3v) is 2.29. The van der Waals surface area contributed by atoms with E-state index in [0.29, 0.717) is 21.8 Å². The molecule has 0 saturated carbocycles. The van der Waals surface area contributed by atoms with Crippen LogP contribution in [0.25, 0.3) is 11.2 Å². The number of nitrogens with zero attached hydrogens (tertiary/aromatic N) is 4. The van der Waals surface area contributed by atoms with Crippen LogP contribution in [0.1, 0.15) is 0 Å². The molecule has 2 rings (SSSR count). The summed E-state index contributed by atoms with van der Waals surface area (Å²) in [6.07, 6.45) is 1.45. The van der Waals surface area contributed by atoms with Crippen LogP contribution in [0.3, 0.4) is 0 Å². The van der Waals surface area contributed by atoms with Gasteiger partial charge < -0.3 is 14.7 Å². The largest absolute Gasteiger partial charge is 0.479 e. The predicted molar refractivity (Wildman–Crippen MR) is 59.3 cm³/mol. The number of fused-ring (bicyclic) bond motifs is 1. The van der Waals surface area contributed by atoms with Crippen LogP contribution in [0.5, 0.6) is 5.88 Å². The lowest BCUT2D eigenvalue weighted by Gasteiger charge is -2.13. The van der Waals surface area contributed by atoms with Crippen LogP contribution >= 0.6 is 12.2 Å². The monoisotopic (exact) mass is 225 g/mol. The summed E-state index contributed by atoms with van der Waals surface area (Å²) in [5, 5.41) is 1.84. The fraction of sp³-hybridized carbons (Fsp3) is 0.375. The van der Waals surface area contributed by atoms with E-state index in [2.05, 4.69) is 15.0 Å². The van der Waals surface area contributed by atoms with E-state index in [4.69, 9.17) is 17.0 Å². The summed E-state index contributed by atoms with van der Waals surface area (Å²) >= 11 is 5.18. The van der Waals surface area contributed by atoms with Crippen molar-refractivity contribution in [1.29, 1.82) is 0 Å². The fourth-order valence-corrected chi connectivity index (χ4v) is 1.76. The highest BCUT2D eigenvalue weighted by molar-refractivity contribution is 7.71. The van der Waals surface area contributed by atoms with Crippen LogP contribution in [0.2, 0.25) is 0 Å². The Hall–Kier alpha value is -1.63. The van der Waals surface area contributed by atoms with Gasteiger partial charge in [-0.15, -0.1) is 0 Å². The molecule has 0 aliphatic rings. The molecule has 0 fully saturated rings. The highest BCUT2D eigenvalue weighted by Gasteiger charge is 2.11. The molecule has 0 spiro atoms. The molecule has 0 radical (unpaired) electrons. The number of ether oxygens (including phenoxy) is 1. The molecule has 0 unspecified atom stereocenters. The highest BCUT2D eigenvalue weighted by atomic mass is 32.1. The van der Waals surface area contributed by atoms with Gasteiger partial charge in [0, 0.05) is 14.1 Å². The second-order valence-electron chi connectivity index (χ2n) is 3.17. The summed E-state index contributed by atoms with van der Waals surface area (Å²) in [5.41, 5.74) is 1.41. The fourth-order valence-electron chi connectivity index (χ4n) is 1.41. The van der Waals surface area contributed by atoms with Gasteiger partial charge in [-0.3, -0.25) is 0 Å². The minimum absolute atomic E-state index is 0.492. The number of aromatic nitrogens is 4. The number of nitrogens with one attached hydrogen (secondary N) is 1. The number of rotatable bonds is 2. The lowest BCUT2D eigenvalue weighted by atomic mass is 10.5. The number of aromatic amines is 1. The molecule has 0 saturated heterocycles. The molecule has 7 heteroatoms. The van der Waals surface area contributed by atoms with Crippen molar-refractivity contribution in [2.75, 3.05) is 26.2 Å². The third-order valence-electron chi connectivity index (χ3n) is 2.01. The molecule has 0 amide bonds. The molecule has 2 aromatic rings. The first-order valence-electron chi connectivity index (χ1n) is 4.32. The van der Waals surface area contributed by atoms with E-state index in [9.17, 15) is 0 Å². The molecular weight excluding hydrogens is 214 g/mol. The summed E-state index contributed by atoms with van der Waals surface area (Å²) in [7, 11) is 5.33. The van der Waals surface area contributed by atoms with E-state index in [-0.39, 0.29) is 0 Å². The van der Waals surface area contributed by atoms with Gasteiger partial charge in [0.25, 0.3) is 0 Å². The molecule has 2 heterocycles. The Labute approximate surface area is 91.5 Å². The van der Waals surface area contributed by atoms with Crippen LogP contribution in [0.15, 0.2) is 6.33 Å². The predicted octanol–water partition coefficient (Wildman–Crippen LogP) is 0.695. The van der Waals surface area contributed by atoms with E-state index in [0.717, 1.165) is 0 Å². The lowest BCUT2D eigenvalue weighted by molar-refractivity contribution is 0.401. The standard InChI is InChI=1S/C8H11N5OS/c1-12(2)13-6-5(11-8(13)15)7(14-3)10-4-9-6/h4H,1-3H3,(H,11,15). The molecule has 0 bridgehead atoms. The lowest BCUT2D eigenvalue weighted by Crippen LogP contribution is -2.24. The molecule has 1 N–H and O–H groups in total. The highest BCUT2D eigenvalue weighted by Crippen LogP contribution is 2.19. The zero-order chi connectivity index (χ0) is 11.0. The number of methoxy groups -OCH3 is 1. The molecule has 0 atom stereocenters. The zero-order valence-electron chi connectivity index (χ0n) is 8.68. The van der Waals surface area contributed by atoms with Gasteiger partial charge in [0.1, 0.15) is 11.8 Å². The van der Waals surface area contributed by atoms with Gasteiger partial charge in [-0.2, -0.15) is 4.98 Å². The normalized spacial score (nSPS) is 10.6. The summed E-state index contributed by atoms with van der Waals surface area (Å²) in [5.74, 6) is 0.492. The van der Waals surface area contributed by atoms with Crippen molar-refractivity contribution in [2.24, 2.45) is 0 Å². The molecule has 0 aliphatic heterocycles. The Kier molecular flexibility index (Phi) is 2.31. The Morgan fingerprint density at radius 1 is 1.47 bits per heavy atom. The van der Waals surface area contributed by atoms with E-state index >= 15 is 0 Å². The Morgan fingerprint density at radius 3 is 2.80 bits per heavy atom. The van der Waals surface area contributed by atoms with Crippen molar-refractivity contribution in [3.63, 3.8) is 0 Å². The second kappa shape index (κ2) is 3.50. The molecule has 0 aromatic carbocycles. The van der Waals surface area contributed by atoms with Gasteiger partial charge in [-0.1, -0.05) is 0 Å². The van der Waals surface area contributed by atoms with Crippen molar-refractivity contribution in [3.8, 4) is 5.88 Å². The second-order valence-corrected chi connectivity index (χ2v) is 3.56. The molecule has 6 nitrogen and oxygen atoms in total. The molecule has 15 heavy (non-hydrogen) atoms. The number of H-pyrrole nitrogens is 1. The van der Waals surface area contributed by atoms with Gasteiger partial charge in [0.15, 0.2) is 10.4 Å². The maximum Gasteiger partial charge on any atom is 0.243 e. The number of hydrogen-bond donors (Lipinski definition) is 1. The van der Waals surface area contributed by atoms with Gasteiger partial charge in [-0.05, 0) is 12.2 Å². The molecule has 2 aromatic heterocycles.